The van der Waals surface area contributed by atoms with Crippen LogP contribution in [0.2, 0.25) is 0 Å². The molecule has 1 atom stereocenters. The van der Waals surface area contributed by atoms with Crippen molar-refractivity contribution in [1.29, 1.82) is 0 Å². The number of hydrogen-bond donors (Lipinski definition) is 1. The van der Waals surface area contributed by atoms with E-state index in [1.165, 1.54) is 11.8 Å². The van der Waals surface area contributed by atoms with Gasteiger partial charge in [-0.25, -0.2) is 0 Å². The number of fused-ring (bicyclic) bond motifs is 1. The third kappa shape index (κ3) is 3.59. The summed E-state index contributed by atoms with van der Waals surface area (Å²) in [6, 6.07) is 5.58. The fourth-order valence-corrected chi connectivity index (χ4v) is 3.21. The molecule has 0 aliphatic carbocycles. The molecule has 1 N–H and O–H groups in total. The first-order chi connectivity index (χ1) is 10.1. The Kier molecular flexibility index (Phi) is 5.28. The van der Waals surface area contributed by atoms with E-state index in [1.54, 1.807) is 6.07 Å². The zero-order valence-corrected chi connectivity index (χ0v) is 13.6. The van der Waals surface area contributed by atoms with Gasteiger partial charge < -0.3 is 10.2 Å². The van der Waals surface area contributed by atoms with Gasteiger partial charge >= 0.3 is 0 Å². The molecule has 0 unspecified atom stereocenters. The summed E-state index contributed by atoms with van der Waals surface area (Å²) in [7, 11) is 0. The molecule has 0 radical (unpaired) electrons. The highest BCUT2D eigenvalue weighted by Crippen LogP contribution is 2.36. The second-order valence-corrected chi connectivity index (χ2v) is 6.58. The fourth-order valence-electron chi connectivity index (χ4n) is 2.28. The van der Waals surface area contributed by atoms with Crippen molar-refractivity contribution in [2.45, 2.75) is 43.8 Å². The Bertz CT molecular complexity index is 545. The molecule has 4 nitrogen and oxygen atoms in total. The molecule has 2 rings (SSSR count). The van der Waals surface area contributed by atoms with Crippen LogP contribution in [0.4, 0.5) is 5.69 Å². The number of rotatable bonds is 5. The van der Waals surface area contributed by atoms with Crippen LogP contribution in [0.3, 0.4) is 0 Å². The van der Waals surface area contributed by atoms with Gasteiger partial charge in [0, 0.05) is 23.5 Å². The molecule has 0 fully saturated rings. The van der Waals surface area contributed by atoms with Gasteiger partial charge in [-0.2, -0.15) is 0 Å². The fraction of sp³-hybridized carbons (Fsp3) is 0.500. The summed E-state index contributed by atoms with van der Waals surface area (Å²) >= 11 is 1.53. The van der Waals surface area contributed by atoms with Crippen LogP contribution in [-0.2, 0) is 4.79 Å². The lowest BCUT2D eigenvalue weighted by molar-refractivity contribution is -0.115. The summed E-state index contributed by atoms with van der Waals surface area (Å²) in [5.41, 5.74) is 1.39. The molecule has 114 valence electrons. The molecule has 1 aromatic rings. The van der Waals surface area contributed by atoms with Crippen LogP contribution in [0.25, 0.3) is 0 Å². The van der Waals surface area contributed by atoms with Crippen LogP contribution < -0.4 is 5.32 Å². The molecule has 2 amide bonds. The number of anilines is 1. The highest BCUT2D eigenvalue weighted by Gasteiger charge is 2.24. The van der Waals surface area contributed by atoms with E-state index in [9.17, 15) is 9.59 Å². The van der Waals surface area contributed by atoms with Gasteiger partial charge in [0.25, 0.3) is 5.91 Å². The minimum Gasteiger partial charge on any atom is -0.339 e. The Morgan fingerprint density at radius 2 is 2.14 bits per heavy atom. The van der Waals surface area contributed by atoms with Crippen LogP contribution >= 0.6 is 11.8 Å². The lowest BCUT2D eigenvalue weighted by Gasteiger charge is -2.24. The summed E-state index contributed by atoms with van der Waals surface area (Å²) in [6.45, 7) is 7.47. The molecule has 0 saturated heterocycles. The van der Waals surface area contributed by atoms with E-state index >= 15 is 0 Å². The second-order valence-electron chi connectivity index (χ2n) is 5.20. The second kappa shape index (κ2) is 6.98. The van der Waals surface area contributed by atoms with Gasteiger partial charge in [0.05, 0.1) is 10.9 Å². The van der Waals surface area contributed by atoms with E-state index in [0.717, 1.165) is 30.0 Å². The molecule has 1 aromatic carbocycles. The number of benzene rings is 1. The van der Waals surface area contributed by atoms with Crippen molar-refractivity contribution in [1.82, 2.24) is 4.90 Å². The molecule has 5 heteroatoms. The summed E-state index contributed by atoms with van der Waals surface area (Å²) in [5.74, 6) is 0.0297. The topological polar surface area (TPSA) is 49.4 Å². The van der Waals surface area contributed by atoms with Crippen LogP contribution in [0.15, 0.2) is 23.1 Å². The third-order valence-corrected chi connectivity index (χ3v) is 4.79. The van der Waals surface area contributed by atoms with E-state index in [2.05, 4.69) is 12.2 Å². The van der Waals surface area contributed by atoms with Crippen LogP contribution in [0.1, 0.15) is 44.0 Å². The van der Waals surface area contributed by atoms with Gasteiger partial charge in [-0.3, -0.25) is 9.59 Å². The van der Waals surface area contributed by atoms with Crippen molar-refractivity contribution in [2.24, 2.45) is 0 Å². The van der Waals surface area contributed by atoms with Crippen molar-refractivity contribution in [3.8, 4) is 0 Å². The molecule has 0 spiro atoms. The first-order valence-corrected chi connectivity index (χ1v) is 8.35. The number of thioether (sulfide) groups is 1. The summed E-state index contributed by atoms with van der Waals surface area (Å²) in [6.07, 6.45) is 2.08. The molecule has 0 bridgehead atoms. The smallest absolute Gasteiger partial charge is 0.253 e. The highest BCUT2D eigenvalue weighted by molar-refractivity contribution is 8.00. The van der Waals surface area contributed by atoms with E-state index in [1.807, 2.05) is 30.9 Å². The lowest BCUT2D eigenvalue weighted by atomic mass is 10.1. The molecule has 21 heavy (non-hydrogen) atoms. The Balaban J connectivity index is 2.19. The molecule has 0 saturated carbocycles. The Morgan fingerprint density at radius 3 is 2.81 bits per heavy atom. The van der Waals surface area contributed by atoms with Gasteiger partial charge in [0.1, 0.15) is 0 Å². The molecule has 0 aromatic heterocycles. The monoisotopic (exact) mass is 306 g/mol. The van der Waals surface area contributed by atoms with E-state index in [4.69, 9.17) is 0 Å². The summed E-state index contributed by atoms with van der Waals surface area (Å²) < 4.78 is 0. The van der Waals surface area contributed by atoms with Crippen molar-refractivity contribution in [2.75, 3.05) is 18.4 Å². The number of carbonyl (C=O) groups excluding carboxylic acids is 2. The number of carbonyl (C=O) groups is 2. The third-order valence-electron chi connectivity index (χ3n) is 3.61. The zero-order chi connectivity index (χ0) is 15.4. The molecular weight excluding hydrogens is 284 g/mol. The van der Waals surface area contributed by atoms with Crippen molar-refractivity contribution < 1.29 is 9.59 Å². The summed E-state index contributed by atoms with van der Waals surface area (Å²) in [4.78, 5) is 27.1. The number of hydrogen-bond acceptors (Lipinski definition) is 3. The molecular formula is C16H22N2O2S. The van der Waals surface area contributed by atoms with Gasteiger partial charge in [0.15, 0.2) is 0 Å². The maximum atomic E-state index is 12.5. The van der Waals surface area contributed by atoms with Gasteiger partial charge in [-0.15, -0.1) is 11.8 Å². The predicted octanol–water partition coefficient (Wildman–Crippen LogP) is 3.38. The Morgan fingerprint density at radius 1 is 1.38 bits per heavy atom. The number of unbranched alkanes of at least 4 members (excludes halogenated alkanes) is 1. The average Bonchev–Trinajstić information content (AvgIpc) is 2.48. The standard InChI is InChI=1S/C16H22N2O2S/c1-4-6-9-18(5-2)16(20)12-7-8-14-13(10-12)17-15(19)11(3)21-14/h7-8,10-11H,4-6,9H2,1-3H3,(H,17,19)/t11-/m1/s1. The Labute approximate surface area is 130 Å². The van der Waals surface area contributed by atoms with E-state index in [-0.39, 0.29) is 17.1 Å². The quantitative estimate of drug-likeness (QED) is 0.907. The lowest BCUT2D eigenvalue weighted by Crippen LogP contribution is -2.32. The minimum absolute atomic E-state index is 0.00423. The van der Waals surface area contributed by atoms with Crippen LogP contribution in [0, 0.1) is 0 Å². The molecule has 1 aliphatic rings. The average molecular weight is 306 g/mol. The van der Waals surface area contributed by atoms with E-state index in [0.29, 0.717) is 12.1 Å². The van der Waals surface area contributed by atoms with Gasteiger partial charge in [-0.1, -0.05) is 13.3 Å². The normalized spacial score (nSPS) is 17.1. The van der Waals surface area contributed by atoms with Crippen molar-refractivity contribution >= 4 is 29.3 Å². The number of amides is 2. The summed E-state index contributed by atoms with van der Waals surface area (Å²) in [5, 5.41) is 2.79. The molecule has 1 heterocycles. The van der Waals surface area contributed by atoms with Crippen molar-refractivity contribution in [3.63, 3.8) is 0 Å². The minimum atomic E-state index is -0.0873. The molecule has 1 aliphatic heterocycles. The van der Waals surface area contributed by atoms with Crippen LogP contribution in [-0.4, -0.2) is 35.1 Å². The first-order valence-electron chi connectivity index (χ1n) is 7.47. The largest absolute Gasteiger partial charge is 0.339 e. The van der Waals surface area contributed by atoms with Gasteiger partial charge in [0.2, 0.25) is 5.91 Å². The van der Waals surface area contributed by atoms with Crippen molar-refractivity contribution in [3.05, 3.63) is 23.8 Å². The van der Waals surface area contributed by atoms with Crippen LogP contribution in [0.5, 0.6) is 0 Å². The predicted molar refractivity (Wildman–Crippen MR) is 86.9 cm³/mol. The Hall–Kier alpha value is -1.49. The zero-order valence-electron chi connectivity index (χ0n) is 12.8. The number of nitrogens with zero attached hydrogens (tertiary/aromatic N) is 1. The number of nitrogens with one attached hydrogen (secondary N) is 1. The SMILES string of the molecule is CCCCN(CC)C(=O)c1ccc2c(c1)NC(=O)[C@@H](C)S2. The maximum absolute atomic E-state index is 12.5. The van der Waals surface area contributed by atoms with Gasteiger partial charge in [-0.05, 0) is 38.5 Å². The van der Waals surface area contributed by atoms with E-state index < -0.39 is 0 Å². The highest BCUT2D eigenvalue weighted by atomic mass is 32.2. The first kappa shape index (κ1) is 15.9. The maximum Gasteiger partial charge on any atom is 0.253 e.